The number of carbonyl (C=O) groups is 3. The van der Waals surface area contributed by atoms with E-state index in [0.29, 0.717) is 44.6 Å². The minimum atomic E-state index is -4.84. The molecule has 2 unspecified atom stereocenters. The first-order valence-corrected chi connectivity index (χ1v) is 23.5. The number of rotatable bonds is 15. The van der Waals surface area contributed by atoms with Crippen molar-refractivity contribution in [2.75, 3.05) is 43.2 Å². The lowest BCUT2D eigenvalue weighted by molar-refractivity contribution is -0.148. The molecule has 0 N–H and O–H groups in total. The van der Waals surface area contributed by atoms with Crippen molar-refractivity contribution in [3.63, 3.8) is 0 Å². The molecule has 1 aromatic heterocycles. The summed E-state index contributed by atoms with van der Waals surface area (Å²) in [7, 11) is 3.80. The van der Waals surface area contributed by atoms with Gasteiger partial charge in [-0.25, -0.2) is 14.2 Å². The molecule has 0 bridgehead atoms. The molecule has 6 rings (SSSR count). The quantitative estimate of drug-likeness (QED) is 0.0565. The molecule has 5 aromatic rings. The summed E-state index contributed by atoms with van der Waals surface area (Å²) in [4.78, 5) is 62.5. The van der Waals surface area contributed by atoms with E-state index in [1.54, 1.807) is 23.8 Å². The number of anilines is 2. The summed E-state index contributed by atoms with van der Waals surface area (Å²) in [5, 5.41) is 0. The maximum atomic E-state index is 13.1. The second-order valence-electron chi connectivity index (χ2n) is 15.5. The van der Waals surface area contributed by atoms with E-state index in [2.05, 4.69) is 13.8 Å². The highest BCUT2D eigenvalue weighted by molar-refractivity contribution is 6.54. The van der Waals surface area contributed by atoms with Gasteiger partial charge in [-0.05, 0) is 92.3 Å². The molecule has 20 heteroatoms. The van der Waals surface area contributed by atoms with E-state index in [-0.39, 0.29) is 42.8 Å². The molecule has 1 aliphatic heterocycles. The van der Waals surface area contributed by atoms with Gasteiger partial charge in [0.2, 0.25) is 5.91 Å². The first-order chi connectivity index (χ1) is 33.3. The molecule has 0 saturated carbocycles. The van der Waals surface area contributed by atoms with Gasteiger partial charge in [-0.2, -0.15) is 13.2 Å². The fourth-order valence-electron chi connectivity index (χ4n) is 7.21. The van der Waals surface area contributed by atoms with Crippen LogP contribution in [0.2, 0.25) is 0 Å². The van der Waals surface area contributed by atoms with E-state index < -0.39 is 40.0 Å². The lowest BCUT2D eigenvalue weighted by atomic mass is 10.0. The molecule has 1 aliphatic rings. The summed E-state index contributed by atoms with van der Waals surface area (Å²) in [5.74, 6) is 0.517. The Labute approximate surface area is 419 Å². The second kappa shape index (κ2) is 26.3. The van der Waals surface area contributed by atoms with Gasteiger partial charge >= 0.3 is 17.8 Å². The molecule has 70 heavy (non-hydrogen) atoms. The van der Waals surface area contributed by atoms with Crippen LogP contribution in [0.25, 0.3) is 5.69 Å². The van der Waals surface area contributed by atoms with Crippen molar-refractivity contribution in [3.05, 3.63) is 140 Å². The molecule has 2 amide bonds. The zero-order chi connectivity index (χ0) is 51.9. The normalized spacial score (nSPS) is 13.4. The third-order valence-electron chi connectivity index (χ3n) is 10.9. The number of methoxy groups -OCH3 is 2. The van der Waals surface area contributed by atoms with E-state index in [1.807, 2.05) is 74.5 Å². The van der Waals surface area contributed by atoms with E-state index in [0.717, 1.165) is 54.4 Å². The van der Waals surface area contributed by atoms with Gasteiger partial charge in [-0.15, -0.1) is 11.6 Å². The number of ether oxygens (including phenoxy) is 5. The second-order valence-corrected chi connectivity index (χ2v) is 16.9. The number of amides is 2. The lowest BCUT2D eigenvalue weighted by Crippen LogP contribution is -2.47. The van der Waals surface area contributed by atoms with Crippen LogP contribution in [0, 0.1) is 0 Å². The average Bonchev–Trinajstić information content (AvgIpc) is 3.35. The minimum Gasteiger partial charge on any atom is -0.489 e. The van der Waals surface area contributed by atoms with Crippen LogP contribution in [0.4, 0.5) is 24.5 Å². The Bertz CT molecular complexity index is 2670. The largest absolute Gasteiger partial charge is 0.489 e. The van der Waals surface area contributed by atoms with Crippen molar-refractivity contribution in [1.82, 2.24) is 9.13 Å². The Morgan fingerprint density at radius 2 is 1.51 bits per heavy atom. The summed E-state index contributed by atoms with van der Waals surface area (Å²) in [6.07, 6.45) is -3.16. The van der Waals surface area contributed by atoms with Crippen molar-refractivity contribution in [2.45, 2.75) is 83.6 Å². The van der Waals surface area contributed by atoms with E-state index >= 15 is 0 Å². The maximum absolute atomic E-state index is 13.1. The van der Waals surface area contributed by atoms with Crippen LogP contribution in [0.5, 0.6) is 17.2 Å². The summed E-state index contributed by atoms with van der Waals surface area (Å²) in [5.41, 5.74) is 2.16. The Kier molecular flexibility index (Phi) is 21.2. The van der Waals surface area contributed by atoms with Gasteiger partial charge in [0.15, 0.2) is 10.9 Å². The van der Waals surface area contributed by atoms with E-state index in [4.69, 9.17) is 58.5 Å². The highest BCUT2D eigenvalue weighted by Gasteiger charge is 2.35. The van der Waals surface area contributed by atoms with Gasteiger partial charge in [-0.3, -0.25) is 23.9 Å². The van der Waals surface area contributed by atoms with Crippen molar-refractivity contribution < 1.29 is 51.2 Å². The van der Waals surface area contributed by atoms with Crippen LogP contribution in [-0.2, 0) is 63.0 Å². The van der Waals surface area contributed by atoms with Crippen LogP contribution in [0.1, 0.15) is 62.6 Å². The molecule has 4 aromatic carbocycles. The third-order valence-corrected chi connectivity index (χ3v) is 11.5. The predicted octanol–water partition coefficient (Wildman–Crippen LogP) is 9.23. The van der Waals surface area contributed by atoms with Crippen LogP contribution >= 0.6 is 34.8 Å². The summed E-state index contributed by atoms with van der Waals surface area (Å²) >= 11 is 16.9. The number of nitrogens with zero attached hydrogens (tertiary/aromatic N) is 4. The van der Waals surface area contributed by atoms with E-state index in [9.17, 15) is 37.1 Å². The SMILES string of the molecule is CC1COc2ccccc2N1C(=O)C(Cl)Cl.CCc1ccc(COc2ccc(-n3c(=O)cc(C(F)(F)F)n(C)c3=O)cc2)c(OC(C)C(=O)OC)c1.CCc1cccc(CC)c1N(COC)C(=O)CCl. The van der Waals surface area contributed by atoms with Gasteiger partial charge in [0.1, 0.15) is 48.8 Å². The fraction of sp³-hybridized carbons (Fsp3) is 0.380. The topological polar surface area (TPSA) is 148 Å². The van der Waals surface area contributed by atoms with Gasteiger partial charge in [-0.1, -0.05) is 86.4 Å². The zero-order valence-electron chi connectivity index (χ0n) is 40.0. The Hall–Kier alpha value is -6.01. The average molecular weight is 1040 g/mol. The molecule has 0 spiro atoms. The van der Waals surface area contributed by atoms with Crippen LogP contribution < -0.4 is 35.3 Å². The third kappa shape index (κ3) is 14.3. The van der Waals surface area contributed by atoms with Gasteiger partial charge in [0.25, 0.3) is 11.5 Å². The minimum absolute atomic E-state index is 0.0371. The molecule has 0 saturated heterocycles. The lowest BCUT2D eigenvalue weighted by Gasteiger charge is -2.35. The predicted molar refractivity (Wildman–Crippen MR) is 264 cm³/mol. The van der Waals surface area contributed by atoms with E-state index in [1.165, 1.54) is 31.4 Å². The molecular formula is C50H56Cl3F3N4O10. The smallest absolute Gasteiger partial charge is 0.431 e. The number of fused-ring (bicyclic) bond motifs is 1. The van der Waals surface area contributed by atoms with Crippen molar-refractivity contribution >= 4 is 64.0 Å². The van der Waals surface area contributed by atoms with Crippen LogP contribution in [0.3, 0.4) is 0 Å². The standard InChI is InChI=1S/C25H25F3N2O6.C14H20ClNO2.C11H11Cl2NO2/c1-5-16-6-7-17(20(12-16)36-15(2)23(32)34-4)14-35-19-10-8-18(9-11-19)30-22(31)13-21(25(26,27)28)29(3)24(30)33;1-4-11-7-6-8-12(5-2)14(11)16(10-18-3)13(17)9-15;1-7-6-16-9-5-3-2-4-8(9)14(7)11(15)10(12)13/h6-13,15H,5,14H2,1-4H3;6-8H,4-5,9-10H2,1-3H3;2-5,7,10H,6H2,1H3. The molecule has 0 radical (unpaired) electrons. The van der Waals surface area contributed by atoms with Gasteiger partial charge < -0.3 is 28.6 Å². The summed E-state index contributed by atoms with van der Waals surface area (Å²) in [6, 6.07) is 25.0. The first kappa shape index (κ1) is 56.6. The summed E-state index contributed by atoms with van der Waals surface area (Å²) < 4.78 is 67.1. The Morgan fingerprint density at radius 3 is 2.07 bits per heavy atom. The molecular weight excluding hydrogens is 980 g/mol. The summed E-state index contributed by atoms with van der Waals surface area (Å²) in [6.45, 7) is 10.4. The zero-order valence-corrected chi connectivity index (χ0v) is 42.2. The number of hydrogen-bond donors (Lipinski definition) is 0. The maximum Gasteiger partial charge on any atom is 0.431 e. The number of halogens is 6. The molecule has 14 nitrogen and oxygen atoms in total. The number of esters is 1. The van der Waals surface area contributed by atoms with Crippen molar-refractivity contribution in [3.8, 4) is 22.9 Å². The Morgan fingerprint density at radius 1 is 0.871 bits per heavy atom. The number of benzene rings is 4. The number of hydrogen-bond acceptors (Lipinski definition) is 10. The number of aryl methyl sites for hydroxylation is 3. The number of para-hydroxylation sites is 3. The van der Waals surface area contributed by atoms with Crippen LogP contribution in [0.15, 0.2) is 101 Å². The molecule has 378 valence electrons. The molecule has 0 fully saturated rings. The highest BCUT2D eigenvalue weighted by Crippen LogP contribution is 2.35. The van der Waals surface area contributed by atoms with Crippen molar-refractivity contribution in [1.29, 1.82) is 0 Å². The fourth-order valence-corrected chi connectivity index (χ4v) is 7.56. The van der Waals surface area contributed by atoms with Gasteiger partial charge in [0, 0.05) is 25.8 Å². The first-order valence-electron chi connectivity index (χ1n) is 22.0. The number of alkyl halides is 6. The monoisotopic (exact) mass is 1030 g/mol. The van der Waals surface area contributed by atoms with Gasteiger partial charge in [0.05, 0.1) is 30.2 Å². The number of aromatic nitrogens is 2. The molecule has 0 aliphatic carbocycles. The molecule has 2 heterocycles. The molecule has 2 atom stereocenters. The highest BCUT2D eigenvalue weighted by atomic mass is 35.5. The Balaban J connectivity index is 0.000000260. The van der Waals surface area contributed by atoms with Crippen molar-refractivity contribution in [2.24, 2.45) is 7.05 Å². The number of carbonyl (C=O) groups excluding carboxylic acids is 3. The van der Waals surface area contributed by atoms with Crippen LogP contribution in [-0.4, -0.2) is 77.3 Å².